The second-order valence-corrected chi connectivity index (χ2v) is 4.42. The van der Waals surface area contributed by atoms with E-state index in [1.54, 1.807) is 12.1 Å². The van der Waals surface area contributed by atoms with Gasteiger partial charge >= 0.3 is 6.03 Å². The monoisotopic (exact) mass is 253 g/mol. The van der Waals surface area contributed by atoms with Gasteiger partial charge in [-0.25, -0.2) is 4.79 Å². The number of para-hydroxylation sites is 1. The van der Waals surface area contributed by atoms with Gasteiger partial charge < -0.3 is 15.5 Å². The minimum Gasteiger partial charge on any atom is -0.319 e. The van der Waals surface area contributed by atoms with Crippen LogP contribution in [0.15, 0.2) is 24.3 Å². The number of urea groups is 1. The third kappa shape index (κ3) is 2.70. The quantitative estimate of drug-likeness (QED) is 0.867. The van der Waals surface area contributed by atoms with E-state index in [1.165, 1.54) is 0 Å². The summed E-state index contributed by atoms with van der Waals surface area (Å²) in [6.45, 7) is 4.40. The summed E-state index contributed by atoms with van der Waals surface area (Å²) >= 11 is 6.00. The van der Waals surface area contributed by atoms with Gasteiger partial charge in [0.2, 0.25) is 0 Å². The molecule has 2 amide bonds. The van der Waals surface area contributed by atoms with Crippen LogP contribution in [0.4, 0.5) is 10.5 Å². The number of benzene rings is 1. The Kier molecular flexibility index (Phi) is 3.86. The lowest BCUT2D eigenvalue weighted by Crippen LogP contribution is -2.59. The molecule has 2 rings (SSSR count). The highest BCUT2D eigenvalue weighted by molar-refractivity contribution is 6.33. The molecule has 1 heterocycles. The van der Waals surface area contributed by atoms with Crippen LogP contribution < -0.4 is 10.6 Å². The van der Waals surface area contributed by atoms with Crippen molar-refractivity contribution < 1.29 is 4.79 Å². The fraction of sp³-hybridized carbons (Fsp3) is 0.417. The summed E-state index contributed by atoms with van der Waals surface area (Å²) < 4.78 is 0. The Hall–Kier alpha value is -1.26. The Labute approximate surface area is 106 Å². The predicted octanol–water partition coefficient (Wildman–Crippen LogP) is 2.17. The maximum atomic E-state index is 12.1. The highest BCUT2D eigenvalue weighted by atomic mass is 35.5. The van der Waals surface area contributed by atoms with Gasteiger partial charge in [0.15, 0.2) is 0 Å². The standard InChI is InChI=1S/C12H16ClN3O/c1-2-16(9-7-14-8-9)12(17)15-11-6-4-3-5-10(11)13/h3-6,9,14H,2,7-8H2,1H3,(H,15,17). The molecule has 0 atom stereocenters. The van der Waals surface area contributed by atoms with Crippen LogP contribution in [0.25, 0.3) is 0 Å². The number of hydrogen-bond donors (Lipinski definition) is 2. The first-order chi connectivity index (χ1) is 8.22. The number of hydrogen-bond acceptors (Lipinski definition) is 2. The van der Waals surface area contributed by atoms with Crippen LogP contribution in [0.3, 0.4) is 0 Å². The lowest BCUT2D eigenvalue weighted by Gasteiger charge is -2.37. The number of likely N-dealkylation sites (N-methyl/N-ethyl adjacent to an activating group) is 1. The van der Waals surface area contributed by atoms with Crippen LogP contribution in [0.5, 0.6) is 0 Å². The minimum absolute atomic E-state index is 0.0906. The predicted molar refractivity (Wildman–Crippen MR) is 69.5 cm³/mol. The van der Waals surface area contributed by atoms with Crippen LogP contribution >= 0.6 is 11.6 Å². The summed E-state index contributed by atoms with van der Waals surface area (Å²) in [5, 5.41) is 6.55. The lowest BCUT2D eigenvalue weighted by molar-refractivity contribution is 0.165. The van der Waals surface area contributed by atoms with E-state index in [9.17, 15) is 4.79 Å². The van der Waals surface area contributed by atoms with Crippen LogP contribution in [0, 0.1) is 0 Å². The molecule has 1 saturated heterocycles. The van der Waals surface area contributed by atoms with E-state index in [4.69, 9.17) is 11.6 Å². The molecule has 0 radical (unpaired) electrons. The largest absolute Gasteiger partial charge is 0.322 e. The first-order valence-corrected chi connectivity index (χ1v) is 6.13. The summed E-state index contributed by atoms with van der Waals surface area (Å²) in [7, 11) is 0. The molecule has 1 aromatic rings. The second kappa shape index (κ2) is 5.38. The first kappa shape index (κ1) is 12.2. The fourth-order valence-electron chi connectivity index (χ4n) is 1.81. The van der Waals surface area contributed by atoms with E-state index < -0.39 is 0 Å². The van der Waals surface area contributed by atoms with Gasteiger partial charge in [-0.15, -0.1) is 0 Å². The van der Waals surface area contributed by atoms with Crippen molar-refractivity contribution in [1.82, 2.24) is 10.2 Å². The number of anilines is 1. The van der Waals surface area contributed by atoms with Crippen molar-refractivity contribution >= 4 is 23.3 Å². The summed E-state index contributed by atoms with van der Waals surface area (Å²) in [5.41, 5.74) is 0.657. The molecular formula is C12H16ClN3O. The molecule has 0 aliphatic carbocycles. The van der Waals surface area contributed by atoms with E-state index >= 15 is 0 Å². The third-order valence-corrected chi connectivity index (χ3v) is 3.25. The molecule has 4 nitrogen and oxygen atoms in total. The van der Waals surface area contributed by atoms with Crippen molar-refractivity contribution in [2.45, 2.75) is 13.0 Å². The normalized spacial score (nSPS) is 15.2. The minimum atomic E-state index is -0.0906. The van der Waals surface area contributed by atoms with Gasteiger partial charge in [0.1, 0.15) is 0 Å². The van der Waals surface area contributed by atoms with Gasteiger partial charge in [0.05, 0.1) is 16.8 Å². The van der Waals surface area contributed by atoms with E-state index in [0.29, 0.717) is 23.3 Å². The van der Waals surface area contributed by atoms with E-state index in [0.717, 1.165) is 13.1 Å². The smallest absolute Gasteiger partial charge is 0.319 e. The zero-order valence-corrected chi connectivity index (χ0v) is 10.5. The number of carbonyl (C=O) groups is 1. The number of amides is 2. The van der Waals surface area contributed by atoms with Crippen molar-refractivity contribution in [3.05, 3.63) is 29.3 Å². The molecule has 1 aromatic carbocycles. The molecule has 1 aliphatic rings. The topological polar surface area (TPSA) is 44.4 Å². The molecule has 0 saturated carbocycles. The Morgan fingerprint density at radius 3 is 2.76 bits per heavy atom. The molecule has 17 heavy (non-hydrogen) atoms. The Balaban J connectivity index is 2.02. The molecular weight excluding hydrogens is 238 g/mol. The SMILES string of the molecule is CCN(C(=O)Nc1ccccc1Cl)C1CNC1. The zero-order chi connectivity index (χ0) is 12.3. The van der Waals surface area contributed by atoms with Gasteiger partial charge in [0.25, 0.3) is 0 Å². The van der Waals surface area contributed by atoms with Crippen LogP contribution in [0.1, 0.15) is 6.92 Å². The Morgan fingerprint density at radius 2 is 2.24 bits per heavy atom. The number of nitrogens with zero attached hydrogens (tertiary/aromatic N) is 1. The summed E-state index contributed by atoms with van der Waals surface area (Å²) in [5.74, 6) is 0. The molecule has 1 aliphatic heterocycles. The maximum absolute atomic E-state index is 12.1. The van der Waals surface area contributed by atoms with Crippen molar-refractivity contribution in [1.29, 1.82) is 0 Å². The van der Waals surface area contributed by atoms with Gasteiger partial charge in [-0.2, -0.15) is 0 Å². The zero-order valence-electron chi connectivity index (χ0n) is 9.74. The lowest BCUT2D eigenvalue weighted by atomic mass is 10.1. The number of carbonyl (C=O) groups excluding carboxylic acids is 1. The fourth-order valence-corrected chi connectivity index (χ4v) is 1.99. The van der Waals surface area contributed by atoms with E-state index in [-0.39, 0.29) is 6.03 Å². The van der Waals surface area contributed by atoms with Gasteiger partial charge in [-0.1, -0.05) is 23.7 Å². The van der Waals surface area contributed by atoms with Crippen LogP contribution in [0.2, 0.25) is 5.02 Å². The molecule has 5 heteroatoms. The molecule has 1 fully saturated rings. The van der Waals surface area contributed by atoms with Gasteiger partial charge in [0, 0.05) is 19.6 Å². The van der Waals surface area contributed by atoms with Crippen molar-refractivity contribution in [3.63, 3.8) is 0 Å². The Bertz CT molecular complexity index is 406. The maximum Gasteiger partial charge on any atom is 0.322 e. The average molecular weight is 254 g/mol. The van der Waals surface area contributed by atoms with Crippen molar-refractivity contribution in [2.75, 3.05) is 25.0 Å². The highest BCUT2D eigenvalue weighted by Crippen LogP contribution is 2.21. The average Bonchev–Trinajstić information content (AvgIpc) is 2.26. The molecule has 0 spiro atoms. The number of nitrogens with one attached hydrogen (secondary N) is 2. The summed E-state index contributed by atoms with van der Waals surface area (Å²) in [6.07, 6.45) is 0. The molecule has 0 aromatic heterocycles. The third-order valence-electron chi connectivity index (χ3n) is 2.92. The summed E-state index contributed by atoms with van der Waals surface area (Å²) in [6, 6.07) is 7.45. The van der Waals surface area contributed by atoms with Gasteiger partial charge in [-0.3, -0.25) is 0 Å². The molecule has 92 valence electrons. The highest BCUT2D eigenvalue weighted by Gasteiger charge is 2.27. The van der Waals surface area contributed by atoms with Crippen molar-refractivity contribution in [3.8, 4) is 0 Å². The molecule has 2 N–H and O–H groups in total. The van der Waals surface area contributed by atoms with Crippen LogP contribution in [-0.4, -0.2) is 36.6 Å². The second-order valence-electron chi connectivity index (χ2n) is 4.01. The first-order valence-electron chi connectivity index (χ1n) is 5.75. The van der Waals surface area contributed by atoms with Gasteiger partial charge in [-0.05, 0) is 19.1 Å². The van der Waals surface area contributed by atoms with Crippen LogP contribution in [-0.2, 0) is 0 Å². The van der Waals surface area contributed by atoms with E-state index in [2.05, 4.69) is 10.6 Å². The number of halogens is 1. The van der Waals surface area contributed by atoms with E-state index in [1.807, 2.05) is 24.0 Å². The summed E-state index contributed by atoms with van der Waals surface area (Å²) in [4.78, 5) is 13.9. The van der Waals surface area contributed by atoms with Crippen molar-refractivity contribution in [2.24, 2.45) is 0 Å². The number of rotatable bonds is 3. The molecule has 0 bridgehead atoms. The Morgan fingerprint density at radius 1 is 1.53 bits per heavy atom. The molecule has 0 unspecified atom stereocenters.